The minimum absolute atomic E-state index is 0.364. The van der Waals surface area contributed by atoms with E-state index in [1.165, 1.54) is 6.33 Å². The smallest absolute Gasteiger partial charge is 0.199 e. The summed E-state index contributed by atoms with van der Waals surface area (Å²) in [5, 5.41) is 0.364. The maximum atomic E-state index is 6.01. The highest BCUT2D eigenvalue weighted by molar-refractivity contribution is 6.31. The molecule has 2 heterocycles. The minimum Gasteiger partial charge on any atom is -0.490 e. The zero-order valence-corrected chi connectivity index (χ0v) is 11.1. The van der Waals surface area contributed by atoms with Crippen molar-refractivity contribution < 1.29 is 4.74 Å². The van der Waals surface area contributed by atoms with Crippen molar-refractivity contribution in [3.8, 4) is 5.75 Å². The Bertz CT molecular complexity index is 401. The molecule has 1 aromatic rings. The molecule has 0 aliphatic carbocycles. The molecule has 1 unspecified atom stereocenters. The zero-order valence-electron chi connectivity index (χ0n) is 10.4. The lowest BCUT2D eigenvalue weighted by atomic mass is 10.2. The lowest BCUT2D eigenvalue weighted by molar-refractivity contribution is 0.273. The first kappa shape index (κ1) is 12.4. The Morgan fingerprint density at radius 1 is 1.41 bits per heavy atom. The van der Waals surface area contributed by atoms with Crippen LogP contribution in [0.15, 0.2) is 6.33 Å². The van der Waals surface area contributed by atoms with Gasteiger partial charge in [0.2, 0.25) is 0 Å². The number of rotatable bonds is 2. The molecule has 6 heteroatoms. The van der Waals surface area contributed by atoms with E-state index in [1.807, 2.05) is 0 Å². The SMILES string of the molecule is COc1c(Cl)ncnc1N1CCN(C)CC1C. The van der Waals surface area contributed by atoms with E-state index >= 15 is 0 Å². The summed E-state index contributed by atoms with van der Waals surface area (Å²) < 4.78 is 5.29. The summed E-state index contributed by atoms with van der Waals surface area (Å²) >= 11 is 6.01. The van der Waals surface area contributed by atoms with Crippen LogP contribution in [0.5, 0.6) is 5.75 Å². The molecule has 0 aromatic carbocycles. The minimum atomic E-state index is 0.364. The summed E-state index contributed by atoms with van der Waals surface area (Å²) in [6, 6.07) is 0.383. The van der Waals surface area contributed by atoms with Gasteiger partial charge in [0.25, 0.3) is 0 Å². The first-order chi connectivity index (χ1) is 8.13. The van der Waals surface area contributed by atoms with Gasteiger partial charge in [0.15, 0.2) is 16.7 Å². The van der Waals surface area contributed by atoms with Crippen molar-refractivity contribution in [2.75, 3.05) is 38.7 Å². The second kappa shape index (κ2) is 5.06. The number of anilines is 1. The molecule has 0 bridgehead atoms. The van der Waals surface area contributed by atoms with Gasteiger partial charge < -0.3 is 14.5 Å². The molecule has 1 aliphatic rings. The predicted octanol–water partition coefficient (Wildman–Crippen LogP) is 1.28. The van der Waals surface area contributed by atoms with Gasteiger partial charge in [-0.05, 0) is 14.0 Å². The summed E-state index contributed by atoms with van der Waals surface area (Å²) in [4.78, 5) is 12.8. The second-order valence-corrected chi connectivity index (χ2v) is 4.68. The Labute approximate surface area is 106 Å². The second-order valence-electron chi connectivity index (χ2n) is 4.33. The number of methoxy groups -OCH3 is 1. The predicted molar refractivity (Wildman–Crippen MR) is 67.9 cm³/mol. The Balaban J connectivity index is 2.30. The number of likely N-dealkylation sites (N-methyl/N-ethyl adjacent to an activating group) is 1. The van der Waals surface area contributed by atoms with Gasteiger partial charge in [-0.1, -0.05) is 11.6 Å². The molecule has 1 saturated heterocycles. The van der Waals surface area contributed by atoms with Crippen molar-refractivity contribution in [3.63, 3.8) is 0 Å². The molecule has 17 heavy (non-hydrogen) atoms. The molecule has 0 N–H and O–H groups in total. The summed E-state index contributed by atoms with van der Waals surface area (Å²) in [5.74, 6) is 1.35. The van der Waals surface area contributed by atoms with Crippen molar-refractivity contribution in [1.29, 1.82) is 0 Å². The van der Waals surface area contributed by atoms with Crippen molar-refractivity contribution in [3.05, 3.63) is 11.5 Å². The summed E-state index contributed by atoms with van der Waals surface area (Å²) in [6.07, 6.45) is 1.48. The normalized spacial score (nSPS) is 21.6. The number of nitrogens with zero attached hydrogens (tertiary/aromatic N) is 4. The Hall–Kier alpha value is -1.07. The molecule has 0 saturated carbocycles. The Kier molecular flexibility index (Phi) is 3.69. The maximum Gasteiger partial charge on any atom is 0.199 e. The van der Waals surface area contributed by atoms with Crippen LogP contribution in [0.3, 0.4) is 0 Å². The Morgan fingerprint density at radius 3 is 2.82 bits per heavy atom. The highest BCUT2D eigenvalue weighted by Crippen LogP contribution is 2.33. The average Bonchev–Trinajstić information content (AvgIpc) is 2.29. The fourth-order valence-electron chi connectivity index (χ4n) is 2.18. The standard InChI is InChI=1S/C11H17ClN4O/c1-8-6-15(2)4-5-16(8)11-9(17-3)10(12)13-7-14-11/h7-8H,4-6H2,1-3H3. The molecule has 2 rings (SSSR count). The van der Waals surface area contributed by atoms with E-state index in [-0.39, 0.29) is 0 Å². The van der Waals surface area contributed by atoms with Crippen LogP contribution in [0.25, 0.3) is 0 Å². The average molecular weight is 257 g/mol. The van der Waals surface area contributed by atoms with Crippen LogP contribution in [-0.2, 0) is 0 Å². The van der Waals surface area contributed by atoms with Crippen LogP contribution in [-0.4, -0.2) is 54.7 Å². The van der Waals surface area contributed by atoms with E-state index in [0.717, 1.165) is 25.5 Å². The van der Waals surface area contributed by atoms with Crippen LogP contribution < -0.4 is 9.64 Å². The highest BCUT2D eigenvalue weighted by atomic mass is 35.5. The van der Waals surface area contributed by atoms with Gasteiger partial charge in [-0.3, -0.25) is 0 Å². The van der Waals surface area contributed by atoms with E-state index in [2.05, 4.69) is 33.7 Å². The van der Waals surface area contributed by atoms with Crippen molar-refractivity contribution in [2.45, 2.75) is 13.0 Å². The monoisotopic (exact) mass is 256 g/mol. The summed E-state index contributed by atoms with van der Waals surface area (Å²) in [6.45, 7) is 5.10. The molecule has 0 spiro atoms. The largest absolute Gasteiger partial charge is 0.490 e. The molecule has 1 aliphatic heterocycles. The maximum absolute atomic E-state index is 6.01. The molecular formula is C11H17ClN4O. The molecule has 5 nitrogen and oxygen atoms in total. The molecule has 1 aromatic heterocycles. The number of ether oxygens (including phenoxy) is 1. The Morgan fingerprint density at radius 2 is 2.18 bits per heavy atom. The van der Waals surface area contributed by atoms with Gasteiger partial charge in [0, 0.05) is 25.7 Å². The van der Waals surface area contributed by atoms with Gasteiger partial charge >= 0.3 is 0 Å². The first-order valence-corrected chi connectivity index (χ1v) is 6.01. The van der Waals surface area contributed by atoms with Crippen LogP contribution in [0.2, 0.25) is 5.15 Å². The van der Waals surface area contributed by atoms with Crippen molar-refractivity contribution >= 4 is 17.4 Å². The van der Waals surface area contributed by atoms with Gasteiger partial charge in [-0.15, -0.1) is 0 Å². The third kappa shape index (κ3) is 2.45. The number of hydrogen-bond acceptors (Lipinski definition) is 5. The summed E-state index contributed by atoms with van der Waals surface area (Å²) in [7, 11) is 3.72. The first-order valence-electron chi connectivity index (χ1n) is 5.63. The van der Waals surface area contributed by atoms with Crippen LogP contribution in [0.4, 0.5) is 5.82 Å². The van der Waals surface area contributed by atoms with Crippen LogP contribution >= 0.6 is 11.6 Å². The lowest BCUT2D eigenvalue weighted by Crippen LogP contribution is -2.51. The third-order valence-corrected chi connectivity index (χ3v) is 3.32. The van der Waals surface area contributed by atoms with E-state index in [9.17, 15) is 0 Å². The third-order valence-electron chi connectivity index (χ3n) is 3.05. The zero-order chi connectivity index (χ0) is 12.4. The fourth-order valence-corrected chi connectivity index (χ4v) is 2.38. The van der Waals surface area contributed by atoms with Crippen LogP contribution in [0, 0.1) is 0 Å². The van der Waals surface area contributed by atoms with Crippen LogP contribution in [0.1, 0.15) is 6.92 Å². The molecule has 0 amide bonds. The molecule has 0 radical (unpaired) electrons. The number of piperazine rings is 1. The summed E-state index contributed by atoms with van der Waals surface area (Å²) in [5.41, 5.74) is 0. The van der Waals surface area contributed by atoms with E-state index in [0.29, 0.717) is 16.9 Å². The van der Waals surface area contributed by atoms with Gasteiger partial charge in [-0.2, -0.15) is 0 Å². The van der Waals surface area contributed by atoms with Crippen molar-refractivity contribution in [1.82, 2.24) is 14.9 Å². The number of halogens is 1. The van der Waals surface area contributed by atoms with Gasteiger partial charge in [0.1, 0.15) is 6.33 Å². The lowest BCUT2D eigenvalue weighted by Gasteiger charge is -2.39. The van der Waals surface area contributed by atoms with E-state index in [4.69, 9.17) is 16.3 Å². The number of hydrogen-bond donors (Lipinski definition) is 0. The van der Waals surface area contributed by atoms with E-state index in [1.54, 1.807) is 7.11 Å². The van der Waals surface area contributed by atoms with Crippen molar-refractivity contribution in [2.24, 2.45) is 0 Å². The van der Waals surface area contributed by atoms with Gasteiger partial charge in [-0.25, -0.2) is 9.97 Å². The topological polar surface area (TPSA) is 41.5 Å². The molecular weight excluding hydrogens is 240 g/mol. The molecule has 94 valence electrons. The van der Waals surface area contributed by atoms with Gasteiger partial charge in [0.05, 0.1) is 7.11 Å². The molecule has 1 atom stereocenters. The quantitative estimate of drug-likeness (QED) is 0.746. The molecule has 1 fully saturated rings. The van der Waals surface area contributed by atoms with E-state index < -0.39 is 0 Å². The highest BCUT2D eigenvalue weighted by Gasteiger charge is 2.26. The number of aromatic nitrogens is 2. The fraction of sp³-hybridized carbons (Fsp3) is 0.636.